The van der Waals surface area contributed by atoms with Gasteiger partial charge in [-0.15, -0.1) is 0 Å². The smallest absolute Gasteiger partial charge is 0.415 e. The Labute approximate surface area is 101 Å². The van der Waals surface area contributed by atoms with Gasteiger partial charge in [0.05, 0.1) is 0 Å². The van der Waals surface area contributed by atoms with Crippen LogP contribution in [-0.2, 0) is 44.7 Å². The zero-order valence-electron chi connectivity index (χ0n) is 5.94. The predicted octanol–water partition coefficient (Wildman–Crippen LogP) is -0.840. The maximum Gasteiger partial charge on any atom is 2.00 e. The molecule has 0 aromatic carbocycles. The van der Waals surface area contributed by atoms with E-state index in [4.69, 9.17) is 5.11 Å². The topological polar surface area (TPSA) is 72.3 Å². The van der Waals surface area contributed by atoms with E-state index in [-0.39, 0.29) is 28.1 Å². The summed E-state index contributed by atoms with van der Waals surface area (Å²) < 4.78 is 0.167. The molecule has 0 atom stereocenters. The Morgan fingerprint density at radius 3 is 1.09 bits per heavy atom. The number of hydrogen-bond donors (Lipinski definition) is 3. The molecule has 0 saturated heterocycles. The molecule has 0 spiro atoms. The number of hydrogen-bond acceptors (Lipinski definition) is 5. The van der Waals surface area contributed by atoms with Crippen molar-refractivity contribution in [2.24, 2.45) is 11.5 Å². The first-order chi connectivity index (χ1) is 4.46. The Balaban J connectivity index is -0.0000000339. The van der Waals surface area contributed by atoms with Gasteiger partial charge in [0.1, 0.15) is 0 Å². The molecule has 0 unspecified atom stereocenters. The Morgan fingerprint density at radius 1 is 1.09 bits per heavy atom. The second-order valence-electron chi connectivity index (χ2n) is 0.638. The van der Waals surface area contributed by atoms with Crippen molar-refractivity contribution in [2.75, 3.05) is 7.11 Å². The summed E-state index contributed by atoms with van der Waals surface area (Å²) in [7, 11) is 1.00. The second kappa shape index (κ2) is 22.4. The van der Waals surface area contributed by atoms with Crippen LogP contribution in [0.5, 0.6) is 0 Å². The van der Waals surface area contributed by atoms with Gasteiger partial charge in [-0.2, -0.15) is 0 Å². The minimum Gasteiger partial charge on any atom is -0.415 e. The quantitative estimate of drug-likeness (QED) is 0.304. The maximum atomic E-state index is 7.00. The SMILES string of the molecule is CO.NC(=S)[S-].NC(=S)[S-].[Zn+2]. The molecule has 0 rings (SSSR count). The van der Waals surface area contributed by atoms with E-state index in [1.54, 1.807) is 0 Å². The van der Waals surface area contributed by atoms with Crippen LogP contribution in [0.15, 0.2) is 0 Å². The van der Waals surface area contributed by atoms with Crippen LogP contribution in [0, 0.1) is 0 Å². The zero-order chi connectivity index (χ0) is 9.15. The molecule has 8 heteroatoms. The molecule has 0 aliphatic rings. The molecule has 0 fully saturated rings. The predicted molar refractivity (Wildman–Crippen MR) is 56.4 cm³/mol. The first-order valence-corrected chi connectivity index (χ1v) is 3.47. The molecule has 0 saturated carbocycles. The van der Waals surface area contributed by atoms with E-state index in [0.717, 1.165) is 7.11 Å². The largest absolute Gasteiger partial charge is 2.00 e. The molecule has 0 aliphatic carbocycles. The van der Waals surface area contributed by atoms with Gasteiger partial charge in [0.15, 0.2) is 0 Å². The van der Waals surface area contributed by atoms with E-state index in [1.165, 1.54) is 0 Å². The minimum absolute atomic E-state index is 0. The van der Waals surface area contributed by atoms with Crippen molar-refractivity contribution in [3.05, 3.63) is 0 Å². The van der Waals surface area contributed by atoms with Crippen LogP contribution in [-0.4, -0.2) is 20.9 Å². The molecular weight excluding hydrogens is 274 g/mol. The van der Waals surface area contributed by atoms with E-state index >= 15 is 0 Å². The third kappa shape index (κ3) is 1300. The Hall–Kier alpha value is 0.803. The minimum atomic E-state index is 0. The van der Waals surface area contributed by atoms with Crippen molar-refractivity contribution in [3.8, 4) is 0 Å². The first-order valence-electron chi connectivity index (χ1n) is 1.84. The second-order valence-corrected chi connectivity index (χ2v) is 2.91. The third-order valence-corrected chi connectivity index (χ3v) is 0. The van der Waals surface area contributed by atoms with E-state index in [1.807, 2.05) is 0 Å². The van der Waals surface area contributed by atoms with Gasteiger partial charge in [0, 0.05) is 7.11 Å². The Morgan fingerprint density at radius 2 is 1.09 bits per heavy atom. The van der Waals surface area contributed by atoms with Gasteiger partial charge < -0.3 is 66.3 Å². The van der Waals surface area contributed by atoms with E-state index in [2.05, 4.69) is 61.2 Å². The van der Waals surface area contributed by atoms with Gasteiger partial charge >= 0.3 is 19.5 Å². The summed E-state index contributed by atoms with van der Waals surface area (Å²) in [4.78, 5) is 0. The number of thiocarbonyl (C=S) groups is 2. The fourth-order valence-corrected chi connectivity index (χ4v) is 0. The molecule has 11 heavy (non-hydrogen) atoms. The van der Waals surface area contributed by atoms with Crippen molar-refractivity contribution < 1.29 is 24.6 Å². The van der Waals surface area contributed by atoms with Crippen molar-refractivity contribution in [1.82, 2.24) is 0 Å². The molecule has 0 amide bonds. The number of nitrogens with two attached hydrogens (primary N) is 2. The van der Waals surface area contributed by atoms with Crippen LogP contribution < -0.4 is 11.5 Å². The molecule has 62 valence electrons. The van der Waals surface area contributed by atoms with Crippen molar-refractivity contribution in [3.63, 3.8) is 0 Å². The average Bonchev–Trinajstić information content (AvgIpc) is 1.66. The summed E-state index contributed by atoms with van der Waals surface area (Å²) in [5, 5.41) is 7.00. The van der Waals surface area contributed by atoms with Crippen LogP contribution in [0.3, 0.4) is 0 Å². The van der Waals surface area contributed by atoms with Crippen molar-refractivity contribution in [2.45, 2.75) is 0 Å². The van der Waals surface area contributed by atoms with Crippen molar-refractivity contribution >= 4 is 58.3 Å². The molecule has 0 aromatic rings. The summed E-state index contributed by atoms with van der Waals surface area (Å²) in [6, 6.07) is 0. The van der Waals surface area contributed by atoms with Crippen LogP contribution in [0.1, 0.15) is 0 Å². The van der Waals surface area contributed by atoms with Gasteiger partial charge in [-0.3, -0.25) is 0 Å². The van der Waals surface area contributed by atoms with E-state index in [0.29, 0.717) is 0 Å². The Bertz CT molecular complexity index is 81.3. The standard InChI is InChI=1S/2CH3NS2.CH4O.Zn/c2*2-1(3)4;1-2;/h2*(H3,2,3,4);2H,1H3;/q;;;+2/p-2. The molecule has 0 heterocycles. The monoisotopic (exact) mass is 280 g/mol. The molecule has 0 bridgehead atoms. The molecular formula is C3H8N2OS4Zn. The summed E-state index contributed by atoms with van der Waals surface area (Å²) in [6.07, 6.45) is 0. The van der Waals surface area contributed by atoms with Crippen LogP contribution in [0.4, 0.5) is 0 Å². The third-order valence-electron chi connectivity index (χ3n) is 0. The summed E-state index contributed by atoms with van der Waals surface area (Å²) in [5.74, 6) is 0. The maximum absolute atomic E-state index is 7.00. The van der Waals surface area contributed by atoms with Gasteiger partial charge in [-0.1, -0.05) is 8.64 Å². The van der Waals surface area contributed by atoms with Crippen molar-refractivity contribution in [1.29, 1.82) is 0 Å². The van der Waals surface area contributed by atoms with Crippen LogP contribution in [0.25, 0.3) is 0 Å². The number of aliphatic hydroxyl groups excluding tert-OH is 1. The fraction of sp³-hybridized carbons (Fsp3) is 0.333. The Kier molecular flexibility index (Phi) is 46.1. The zero-order valence-corrected chi connectivity index (χ0v) is 12.2. The normalized spacial score (nSPS) is 4.91. The van der Waals surface area contributed by atoms with Crippen LogP contribution >= 0.6 is 24.4 Å². The van der Waals surface area contributed by atoms with Gasteiger partial charge in [0.2, 0.25) is 0 Å². The fourth-order valence-electron chi connectivity index (χ4n) is 0. The molecule has 0 aromatic heterocycles. The first kappa shape index (κ1) is 22.6. The van der Waals surface area contributed by atoms with Gasteiger partial charge in [-0.05, 0) is 0 Å². The van der Waals surface area contributed by atoms with E-state index in [9.17, 15) is 0 Å². The summed E-state index contributed by atoms with van der Waals surface area (Å²) in [5.41, 5.74) is 9.31. The molecule has 5 N–H and O–H groups in total. The van der Waals surface area contributed by atoms with E-state index < -0.39 is 0 Å². The number of aliphatic hydroxyl groups is 1. The molecule has 3 nitrogen and oxygen atoms in total. The van der Waals surface area contributed by atoms with Gasteiger partial charge in [-0.25, -0.2) is 0 Å². The molecule has 0 aliphatic heterocycles. The van der Waals surface area contributed by atoms with Crippen LogP contribution in [0.2, 0.25) is 0 Å². The average molecular weight is 282 g/mol. The van der Waals surface area contributed by atoms with Gasteiger partial charge in [0.25, 0.3) is 0 Å². The summed E-state index contributed by atoms with van der Waals surface area (Å²) in [6.45, 7) is 0. The number of rotatable bonds is 0. The summed E-state index contributed by atoms with van der Waals surface area (Å²) >= 11 is 16.5. The molecule has 0 radical (unpaired) electrons.